The molecule has 0 spiro atoms. The second-order valence-corrected chi connectivity index (χ2v) is 6.25. The third-order valence-electron chi connectivity index (χ3n) is 4.66. The van der Waals surface area contributed by atoms with Gasteiger partial charge in [-0.15, -0.1) is 0 Å². The van der Waals surface area contributed by atoms with Crippen molar-refractivity contribution >= 4 is 5.91 Å². The average molecular weight is 348 g/mol. The molecule has 0 aliphatic carbocycles. The number of benzene rings is 1. The Hall–Kier alpha value is -3.15. The van der Waals surface area contributed by atoms with Gasteiger partial charge in [-0.3, -0.25) is 14.9 Å². The van der Waals surface area contributed by atoms with E-state index < -0.39 is 0 Å². The molecule has 6 heteroatoms. The highest BCUT2D eigenvalue weighted by molar-refractivity contribution is 6.00. The Balaban J connectivity index is 1.85. The largest absolute Gasteiger partial charge is 0.497 e. The van der Waals surface area contributed by atoms with Crippen LogP contribution in [-0.2, 0) is 0 Å². The summed E-state index contributed by atoms with van der Waals surface area (Å²) in [6.07, 6.45) is 2.64. The zero-order valence-corrected chi connectivity index (χ0v) is 14.8. The third-order valence-corrected chi connectivity index (χ3v) is 4.66. The molecular formula is C20H20N4O2. The van der Waals surface area contributed by atoms with Crippen LogP contribution >= 0.6 is 0 Å². The molecule has 1 N–H and O–H groups in total. The first-order valence-corrected chi connectivity index (χ1v) is 8.69. The van der Waals surface area contributed by atoms with E-state index in [4.69, 9.17) is 4.74 Å². The van der Waals surface area contributed by atoms with Gasteiger partial charge in [0.25, 0.3) is 5.91 Å². The fraction of sp³-hybridized carbons (Fsp3) is 0.250. The minimum absolute atomic E-state index is 0.0234. The summed E-state index contributed by atoms with van der Waals surface area (Å²) in [7, 11) is 1.64. The first-order chi connectivity index (χ1) is 12.7. The van der Waals surface area contributed by atoms with Gasteiger partial charge >= 0.3 is 0 Å². The lowest BCUT2D eigenvalue weighted by atomic mass is 9.99. The van der Waals surface area contributed by atoms with Crippen LogP contribution in [0.4, 0.5) is 0 Å². The Morgan fingerprint density at radius 3 is 2.65 bits per heavy atom. The van der Waals surface area contributed by atoms with Gasteiger partial charge in [0.2, 0.25) is 0 Å². The number of nitrogens with zero attached hydrogens (tertiary/aromatic N) is 3. The molecular weight excluding hydrogens is 328 g/mol. The molecule has 6 nitrogen and oxygen atoms in total. The summed E-state index contributed by atoms with van der Waals surface area (Å²) in [4.78, 5) is 19.3. The molecule has 1 amide bonds. The van der Waals surface area contributed by atoms with Crippen molar-refractivity contribution in [3.05, 3.63) is 65.6 Å². The van der Waals surface area contributed by atoms with Crippen LogP contribution < -0.4 is 4.74 Å². The van der Waals surface area contributed by atoms with E-state index in [1.807, 2.05) is 47.4 Å². The Kier molecular flexibility index (Phi) is 4.16. The molecule has 1 aliphatic rings. The van der Waals surface area contributed by atoms with Crippen molar-refractivity contribution in [3.63, 3.8) is 0 Å². The number of fused-ring (bicyclic) bond motifs is 1. The van der Waals surface area contributed by atoms with Crippen LogP contribution in [0.2, 0.25) is 0 Å². The maximum Gasteiger partial charge on any atom is 0.273 e. The standard InChI is InChI=1S/C20H20N4O2/c1-3-12-24-19(15-6-4-5-11-21-15)16-17(22-23-18(16)20(24)25)13-7-9-14(26-2)10-8-13/h4-11,19H,3,12H2,1-2H3,(H,22,23)/t19-/m0/s1. The number of aromatic nitrogens is 3. The summed E-state index contributed by atoms with van der Waals surface area (Å²) < 4.78 is 5.24. The van der Waals surface area contributed by atoms with Gasteiger partial charge in [-0.05, 0) is 42.8 Å². The molecule has 1 atom stereocenters. The second kappa shape index (κ2) is 6.63. The second-order valence-electron chi connectivity index (χ2n) is 6.25. The number of H-pyrrole nitrogens is 1. The van der Waals surface area contributed by atoms with Gasteiger partial charge < -0.3 is 9.64 Å². The monoisotopic (exact) mass is 348 g/mol. The molecule has 1 aromatic carbocycles. The van der Waals surface area contributed by atoms with Crippen molar-refractivity contribution in [1.82, 2.24) is 20.1 Å². The van der Waals surface area contributed by atoms with E-state index in [-0.39, 0.29) is 11.9 Å². The highest BCUT2D eigenvalue weighted by Crippen LogP contribution is 2.42. The lowest BCUT2D eigenvalue weighted by molar-refractivity contribution is 0.0741. The number of carbonyl (C=O) groups is 1. The third kappa shape index (κ3) is 2.54. The number of nitrogens with one attached hydrogen (secondary N) is 1. The fourth-order valence-corrected chi connectivity index (χ4v) is 3.48. The van der Waals surface area contributed by atoms with Crippen molar-refractivity contribution in [2.75, 3.05) is 13.7 Å². The molecule has 0 unspecified atom stereocenters. The first-order valence-electron chi connectivity index (χ1n) is 8.69. The highest BCUT2D eigenvalue weighted by atomic mass is 16.5. The Bertz CT molecular complexity index is 919. The average Bonchev–Trinajstić information content (AvgIpc) is 3.23. The summed E-state index contributed by atoms with van der Waals surface area (Å²) in [5.74, 6) is 0.760. The molecule has 1 aliphatic heterocycles. The number of amides is 1. The zero-order chi connectivity index (χ0) is 18.1. The molecule has 3 aromatic rings. The van der Waals surface area contributed by atoms with E-state index in [2.05, 4.69) is 22.1 Å². The van der Waals surface area contributed by atoms with Crippen molar-refractivity contribution in [3.8, 4) is 17.0 Å². The first kappa shape index (κ1) is 16.3. The smallest absolute Gasteiger partial charge is 0.273 e. The minimum Gasteiger partial charge on any atom is -0.497 e. The number of ether oxygens (including phenoxy) is 1. The van der Waals surface area contributed by atoms with Gasteiger partial charge in [-0.25, -0.2) is 0 Å². The molecule has 4 rings (SSSR count). The van der Waals surface area contributed by atoms with Crippen LogP contribution in [-0.4, -0.2) is 39.6 Å². The number of carbonyl (C=O) groups excluding carboxylic acids is 1. The van der Waals surface area contributed by atoms with Crippen LogP contribution in [0.5, 0.6) is 5.75 Å². The highest BCUT2D eigenvalue weighted by Gasteiger charge is 2.42. The lowest BCUT2D eigenvalue weighted by Gasteiger charge is -2.25. The molecule has 3 heterocycles. The summed E-state index contributed by atoms with van der Waals surface area (Å²) in [6.45, 7) is 2.74. The van der Waals surface area contributed by atoms with Crippen molar-refractivity contribution in [2.45, 2.75) is 19.4 Å². The van der Waals surface area contributed by atoms with Crippen LogP contribution in [0.1, 0.15) is 41.1 Å². The van der Waals surface area contributed by atoms with Crippen LogP contribution in [0.25, 0.3) is 11.3 Å². The van der Waals surface area contributed by atoms with Gasteiger partial charge in [0.1, 0.15) is 17.5 Å². The quantitative estimate of drug-likeness (QED) is 0.767. The van der Waals surface area contributed by atoms with Crippen molar-refractivity contribution < 1.29 is 9.53 Å². The van der Waals surface area contributed by atoms with Crippen molar-refractivity contribution in [1.29, 1.82) is 0 Å². The van der Waals surface area contributed by atoms with Crippen LogP contribution in [0.15, 0.2) is 48.7 Å². The van der Waals surface area contributed by atoms with E-state index in [1.165, 1.54) is 0 Å². The van der Waals surface area contributed by atoms with Gasteiger partial charge in [0.05, 0.1) is 18.5 Å². The minimum atomic E-state index is -0.227. The molecule has 26 heavy (non-hydrogen) atoms. The predicted molar refractivity (Wildman–Crippen MR) is 98.0 cm³/mol. The molecule has 0 radical (unpaired) electrons. The number of hydrogen-bond donors (Lipinski definition) is 1. The molecule has 2 aromatic heterocycles. The lowest BCUT2D eigenvalue weighted by Crippen LogP contribution is -2.30. The maximum absolute atomic E-state index is 12.9. The number of rotatable bonds is 5. The normalized spacial score (nSPS) is 16.0. The fourth-order valence-electron chi connectivity index (χ4n) is 3.48. The number of pyridine rings is 1. The van der Waals surface area contributed by atoms with Crippen LogP contribution in [0.3, 0.4) is 0 Å². The molecule has 0 saturated heterocycles. The van der Waals surface area contributed by atoms with E-state index in [9.17, 15) is 4.79 Å². The number of hydrogen-bond acceptors (Lipinski definition) is 4. The van der Waals surface area contributed by atoms with Gasteiger partial charge in [-0.1, -0.05) is 13.0 Å². The molecule has 0 fully saturated rings. The number of aromatic amines is 1. The number of methoxy groups -OCH3 is 1. The van der Waals surface area contributed by atoms with Gasteiger partial charge in [0.15, 0.2) is 0 Å². The predicted octanol–water partition coefficient (Wildman–Crippen LogP) is 3.44. The molecule has 132 valence electrons. The summed E-state index contributed by atoms with van der Waals surface area (Å²) >= 11 is 0. The van der Waals surface area contributed by atoms with Crippen molar-refractivity contribution in [2.24, 2.45) is 0 Å². The SMILES string of the molecule is CCCN1C(=O)c2[nH]nc(-c3ccc(OC)cc3)c2[C@@H]1c1ccccn1. The molecule has 0 bridgehead atoms. The maximum atomic E-state index is 12.9. The Labute approximate surface area is 151 Å². The summed E-state index contributed by atoms with van der Waals surface area (Å²) in [5.41, 5.74) is 4.03. The van der Waals surface area contributed by atoms with E-state index in [0.29, 0.717) is 12.2 Å². The Morgan fingerprint density at radius 2 is 2.00 bits per heavy atom. The summed E-state index contributed by atoms with van der Waals surface area (Å²) in [6, 6.07) is 13.3. The van der Waals surface area contributed by atoms with E-state index >= 15 is 0 Å². The zero-order valence-electron chi connectivity index (χ0n) is 14.8. The Morgan fingerprint density at radius 1 is 1.19 bits per heavy atom. The topological polar surface area (TPSA) is 71.1 Å². The van der Waals surface area contributed by atoms with E-state index in [1.54, 1.807) is 13.3 Å². The van der Waals surface area contributed by atoms with Crippen LogP contribution in [0, 0.1) is 0 Å². The van der Waals surface area contributed by atoms with Gasteiger partial charge in [-0.2, -0.15) is 5.10 Å². The van der Waals surface area contributed by atoms with E-state index in [0.717, 1.165) is 34.7 Å². The summed E-state index contributed by atoms with van der Waals surface area (Å²) in [5, 5.41) is 7.39. The van der Waals surface area contributed by atoms with Gasteiger partial charge in [0, 0.05) is 23.9 Å². The molecule has 0 saturated carbocycles.